The highest BCUT2D eigenvalue weighted by Crippen LogP contribution is 2.43. The maximum Gasteiger partial charge on any atom is 0.192 e. The zero-order chi connectivity index (χ0) is 14.3. The molecule has 0 bridgehead atoms. The molecule has 2 aliphatic heterocycles. The normalized spacial score (nSPS) is 32.8. The number of hydrogen-bond acceptors (Lipinski definition) is 3. The summed E-state index contributed by atoms with van der Waals surface area (Å²) in [6.07, 6.45) is 4.74. The van der Waals surface area contributed by atoms with Gasteiger partial charge in [0.1, 0.15) is 0 Å². The first kappa shape index (κ1) is 15.5. The van der Waals surface area contributed by atoms with Crippen LogP contribution in [0.3, 0.4) is 0 Å². The monoisotopic (exact) mass is 285 g/mol. The van der Waals surface area contributed by atoms with Gasteiger partial charge >= 0.3 is 0 Å². The van der Waals surface area contributed by atoms with Crippen LogP contribution in [0.15, 0.2) is 0 Å². The Kier molecular flexibility index (Phi) is 4.18. The predicted molar refractivity (Wildman–Crippen MR) is 81.9 cm³/mol. The zero-order valence-electron chi connectivity index (χ0n) is 13.3. The van der Waals surface area contributed by atoms with E-state index in [-0.39, 0.29) is 10.6 Å². The first-order valence-corrected chi connectivity index (χ1v) is 10.6. The van der Waals surface area contributed by atoms with Crippen molar-refractivity contribution < 1.29 is 9.53 Å². The highest BCUT2D eigenvalue weighted by Gasteiger charge is 2.49. The number of nitrogens with zero attached hydrogens (tertiary/aromatic N) is 1. The quantitative estimate of drug-likeness (QED) is 0.806. The van der Waals surface area contributed by atoms with Crippen molar-refractivity contribution in [3.8, 4) is 0 Å². The summed E-state index contributed by atoms with van der Waals surface area (Å²) in [5, 5.41) is 10.0. The molecular weight excluding hydrogens is 254 g/mol. The van der Waals surface area contributed by atoms with Crippen molar-refractivity contribution in [1.29, 1.82) is 0 Å². The fraction of sp³-hybridized carbons (Fsp3) is 1.00. The van der Waals surface area contributed by atoms with E-state index in [4.69, 9.17) is 4.43 Å². The molecule has 2 atom stereocenters. The second-order valence-corrected chi connectivity index (χ2v) is 12.8. The lowest BCUT2D eigenvalue weighted by Crippen LogP contribution is -2.49. The highest BCUT2D eigenvalue weighted by atomic mass is 28.4. The molecule has 2 fully saturated rings. The highest BCUT2D eigenvalue weighted by molar-refractivity contribution is 6.74. The summed E-state index contributed by atoms with van der Waals surface area (Å²) in [5.74, 6) is 0. The van der Waals surface area contributed by atoms with Crippen LogP contribution in [0.2, 0.25) is 18.1 Å². The Morgan fingerprint density at radius 1 is 1.32 bits per heavy atom. The van der Waals surface area contributed by atoms with Crippen LogP contribution in [0.25, 0.3) is 0 Å². The van der Waals surface area contributed by atoms with Gasteiger partial charge in [0.2, 0.25) is 0 Å². The molecule has 2 heterocycles. The Hall–Kier alpha value is 0.0969. The summed E-state index contributed by atoms with van der Waals surface area (Å²) >= 11 is 0. The molecule has 0 spiro atoms. The second kappa shape index (κ2) is 5.13. The molecule has 0 aliphatic carbocycles. The number of hydrogen-bond donors (Lipinski definition) is 1. The van der Waals surface area contributed by atoms with E-state index < -0.39 is 8.32 Å². The molecule has 2 aliphatic rings. The number of rotatable bonds is 4. The van der Waals surface area contributed by atoms with Crippen LogP contribution in [0.1, 0.15) is 46.5 Å². The van der Waals surface area contributed by atoms with Gasteiger partial charge in [0.25, 0.3) is 0 Å². The van der Waals surface area contributed by atoms with E-state index in [1.165, 1.54) is 19.3 Å². The van der Waals surface area contributed by atoms with E-state index in [9.17, 15) is 5.11 Å². The van der Waals surface area contributed by atoms with Crippen molar-refractivity contribution >= 4 is 8.32 Å². The molecule has 0 unspecified atom stereocenters. The minimum absolute atomic E-state index is 0.0987. The van der Waals surface area contributed by atoms with Crippen LogP contribution in [0.5, 0.6) is 0 Å². The summed E-state index contributed by atoms with van der Waals surface area (Å²) in [6, 6.07) is 0.531. The minimum atomic E-state index is -1.64. The standard InChI is InChI=1S/C15H31NO2Si/c1-14(2,3)19(4,5)18-11-13-7-9-15(12-17)8-6-10-16(13)15/h13,17H,6-12H2,1-5H3/t13-,15+/m0/s1. The van der Waals surface area contributed by atoms with Crippen molar-refractivity contribution in [2.24, 2.45) is 0 Å². The molecule has 4 heteroatoms. The molecule has 0 amide bonds. The van der Waals surface area contributed by atoms with E-state index in [0.717, 1.165) is 19.6 Å². The van der Waals surface area contributed by atoms with Crippen molar-refractivity contribution in [3.63, 3.8) is 0 Å². The number of aliphatic hydroxyl groups is 1. The van der Waals surface area contributed by atoms with Crippen molar-refractivity contribution in [3.05, 3.63) is 0 Å². The average molecular weight is 286 g/mol. The lowest BCUT2D eigenvalue weighted by atomic mass is 9.95. The molecule has 1 N–H and O–H groups in total. The Bertz CT molecular complexity index is 327. The molecule has 0 aromatic rings. The largest absolute Gasteiger partial charge is 0.415 e. The van der Waals surface area contributed by atoms with E-state index in [2.05, 4.69) is 38.8 Å². The molecule has 2 saturated heterocycles. The summed E-state index contributed by atoms with van der Waals surface area (Å²) in [4.78, 5) is 2.54. The van der Waals surface area contributed by atoms with E-state index in [0.29, 0.717) is 12.6 Å². The van der Waals surface area contributed by atoms with Gasteiger partial charge in [-0.2, -0.15) is 0 Å². The third-order valence-electron chi connectivity index (χ3n) is 5.77. The molecule has 0 radical (unpaired) electrons. The van der Waals surface area contributed by atoms with Gasteiger partial charge < -0.3 is 9.53 Å². The molecule has 2 rings (SSSR count). The molecule has 3 nitrogen and oxygen atoms in total. The van der Waals surface area contributed by atoms with Crippen LogP contribution >= 0.6 is 0 Å². The molecule has 0 aromatic carbocycles. The minimum Gasteiger partial charge on any atom is -0.415 e. The van der Waals surface area contributed by atoms with Gasteiger partial charge in [-0.3, -0.25) is 4.90 Å². The first-order chi connectivity index (χ1) is 8.72. The fourth-order valence-electron chi connectivity index (χ4n) is 3.33. The van der Waals surface area contributed by atoms with Gasteiger partial charge in [0.05, 0.1) is 6.61 Å². The first-order valence-electron chi connectivity index (χ1n) is 7.73. The summed E-state index contributed by atoms with van der Waals surface area (Å²) < 4.78 is 6.39. The van der Waals surface area contributed by atoms with Crippen LogP contribution < -0.4 is 0 Å². The summed E-state index contributed by atoms with van der Waals surface area (Å²) in [6.45, 7) is 13.9. The molecular formula is C15H31NO2Si. The lowest BCUT2D eigenvalue weighted by Gasteiger charge is -2.39. The van der Waals surface area contributed by atoms with Gasteiger partial charge in [-0.15, -0.1) is 0 Å². The van der Waals surface area contributed by atoms with Crippen molar-refractivity contribution in [2.45, 2.75) is 76.2 Å². The molecule has 0 aromatic heterocycles. The van der Waals surface area contributed by atoms with Gasteiger partial charge in [0.15, 0.2) is 8.32 Å². The summed E-state index contributed by atoms with van der Waals surface area (Å²) in [7, 11) is -1.64. The average Bonchev–Trinajstić information content (AvgIpc) is 2.83. The van der Waals surface area contributed by atoms with Gasteiger partial charge in [-0.05, 0) is 50.4 Å². The van der Waals surface area contributed by atoms with Crippen LogP contribution in [-0.2, 0) is 4.43 Å². The number of fused-ring (bicyclic) bond motifs is 1. The SMILES string of the molecule is CC(C)(C)[Si](C)(C)OC[C@@H]1CC[C@@]2(CO)CCCN12. The molecule has 0 saturated carbocycles. The Labute approximate surface area is 119 Å². The maximum atomic E-state index is 9.73. The third-order valence-corrected chi connectivity index (χ3v) is 10.3. The molecule has 19 heavy (non-hydrogen) atoms. The Morgan fingerprint density at radius 2 is 2.00 bits per heavy atom. The van der Waals surface area contributed by atoms with Crippen LogP contribution in [-0.4, -0.2) is 49.7 Å². The Morgan fingerprint density at radius 3 is 2.58 bits per heavy atom. The van der Waals surface area contributed by atoms with E-state index in [1.807, 2.05) is 0 Å². The van der Waals surface area contributed by atoms with Gasteiger partial charge in [-0.25, -0.2) is 0 Å². The van der Waals surface area contributed by atoms with Crippen LogP contribution in [0.4, 0.5) is 0 Å². The van der Waals surface area contributed by atoms with Gasteiger partial charge in [0, 0.05) is 18.2 Å². The maximum absolute atomic E-state index is 9.73. The van der Waals surface area contributed by atoms with Gasteiger partial charge in [-0.1, -0.05) is 20.8 Å². The van der Waals surface area contributed by atoms with E-state index in [1.54, 1.807) is 0 Å². The smallest absolute Gasteiger partial charge is 0.192 e. The molecule has 112 valence electrons. The van der Waals surface area contributed by atoms with Crippen LogP contribution in [0, 0.1) is 0 Å². The van der Waals surface area contributed by atoms with Crippen molar-refractivity contribution in [1.82, 2.24) is 4.90 Å². The predicted octanol–water partition coefficient (Wildman–Crippen LogP) is 3.00. The second-order valence-electron chi connectivity index (χ2n) is 7.94. The fourth-order valence-corrected chi connectivity index (χ4v) is 4.37. The zero-order valence-corrected chi connectivity index (χ0v) is 14.3. The lowest BCUT2D eigenvalue weighted by molar-refractivity contribution is 0.0607. The topological polar surface area (TPSA) is 32.7 Å². The Balaban J connectivity index is 1.95. The van der Waals surface area contributed by atoms with E-state index >= 15 is 0 Å². The van der Waals surface area contributed by atoms with Crippen molar-refractivity contribution in [2.75, 3.05) is 19.8 Å². The number of aliphatic hydroxyl groups excluding tert-OH is 1. The third kappa shape index (κ3) is 2.78. The summed E-state index contributed by atoms with van der Waals surface area (Å²) in [5.41, 5.74) is 0.0987.